The quantitative estimate of drug-likeness (QED) is 0.175. The van der Waals surface area contributed by atoms with E-state index in [1.807, 2.05) is 0 Å². The zero-order valence-electron chi connectivity index (χ0n) is 19.3. The maximum Gasteiger partial charge on any atom is 0.0459 e. The van der Waals surface area contributed by atoms with Gasteiger partial charge in [-0.15, -0.1) is 0 Å². The molecule has 0 saturated carbocycles. The second kappa shape index (κ2) is 24.0. The third kappa shape index (κ3) is 22.1. The van der Waals surface area contributed by atoms with E-state index in [0.717, 1.165) is 0 Å². The molecule has 0 saturated heterocycles. The monoisotopic (exact) mass is 382 g/mol. The molecule has 27 heavy (non-hydrogen) atoms. The van der Waals surface area contributed by atoms with Crippen molar-refractivity contribution in [2.24, 2.45) is 5.92 Å². The fourth-order valence-corrected chi connectivity index (χ4v) is 4.17. The van der Waals surface area contributed by atoms with Crippen molar-refractivity contribution in [1.82, 2.24) is 0 Å². The predicted octanol–water partition coefficient (Wildman–Crippen LogP) is 9.22. The van der Waals surface area contributed by atoms with Crippen LogP contribution in [0.2, 0.25) is 0 Å². The van der Waals surface area contributed by atoms with Crippen LogP contribution in [0.4, 0.5) is 0 Å². The summed E-state index contributed by atoms with van der Waals surface area (Å²) in [6.07, 6.45) is 30.7. The van der Waals surface area contributed by atoms with Gasteiger partial charge in [-0.2, -0.15) is 0 Å². The van der Waals surface area contributed by atoms with E-state index in [-0.39, 0.29) is 0 Å². The van der Waals surface area contributed by atoms with Crippen molar-refractivity contribution < 1.29 is 5.11 Å². The molecule has 0 aliphatic rings. The minimum absolute atomic E-state index is 0.411. The smallest absolute Gasteiger partial charge is 0.0459 e. The fourth-order valence-electron chi connectivity index (χ4n) is 4.17. The summed E-state index contributed by atoms with van der Waals surface area (Å²) in [5.41, 5.74) is 0. The molecule has 164 valence electrons. The molecule has 1 heteroatoms. The summed E-state index contributed by atoms with van der Waals surface area (Å²) >= 11 is 0. The predicted molar refractivity (Wildman–Crippen MR) is 123 cm³/mol. The van der Waals surface area contributed by atoms with Crippen molar-refractivity contribution in [2.45, 2.75) is 155 Å². The van der Waals surface area contributed by atoms with Crippen LogP contribution in [0.5, 0.6) is 0 Å². The minimum Gasteiger partial charge on any atom is -0.396 e. The van der Waals surface area contributed by atoms with Gasteiger partial charge >= 0.3 is 0 Å². The molecule has 0 spiro atoms. The van der Waals surface area contributed by atoms with Crippen LogP contribution in [0.1, 0.15) is 155 Å². The van der Waals surface area contributed by atoms with Gasteiger partial charge in [0.05, 0.1) is 0 Å². The van der Waals surface area contributed by atoms with E-state index < -0.39 is 0 Å². The van der Waals surface area contributed by atoms with Crippen LogP contribution in [-0.2, 0) is 0 Å². The van der Waals surface area contributed by atoms with E-state index in [0.29, 0.717) is 12.5 Å². The van der Waals surface area contributed by atoms with Gasteiger partial charge in [-0.05, 0) is 18.8 Å². The number of rotatable bonds is 23. The van der Waals surface area contributed by atoms with Crippen LogP contribution in [-0.4, -0.2) is 11.7 Å². The molecular formula is C26H54O. The van der Waals surface area contributed by atoms with Gasteiger partial charge in [-0.25, -0.2) is 0 Å². The Hall–Kier alpha value is -0.0400. The first-order chi connectivity index (χ1) is 13.3. The molecule has 0 amide bonds. The third-order valence-electron chi connectivity index (χ3n) is 6.19. The second-order valence-electron chi connectivity index (χ2n) is 8.99. The average Bonchev–Trinajstić information content (AvgIpc) is 2.69. The maximum absolute atomic E-state index is 9.59. The Kier molecular flexibility index (Phi) is 24.0. The average molecular weight is 383 g/mol. The molecule has 0 heterocycles. The van der Waals surface area contributed by atoms with Crippen molar-refractivity contribution in [1.29, 1.82) is 0 Å². The third-order valence-corrected chi connectivity index (χ3v) is 6.19. The van der Waals surface area contributed by atoms with E-state index in [9.17, 15) is 5.11 Å². The Labute approximate surface area is 173 Å². The lowest BCUT2D eigenvalue weighted by Gasteiger charge is -2.13. The van der Waals surface area contributed by atoms with Crippen molar-refractivity contribution >= 4 is 0 Å². The molecule has 0 aromatic heterocycles. The molecule has 0 fully saturated rings. The van der Waals surface area contributed by atoms with E-state index >= 15 is 0 Å². The first kappa shape index (κ1) is 27.0. The van der Waals surface area contributed by atoms with Crippen LogP contribution in [0.3, 0.4) is 0 Å². The van der Waals surface area contributed by atoms with Crippen molar-refractivity contribution in [3.05, 3.63) is 0 Å². The summed E-state index contributed by atoms with van der Waals surface area (Å²) in [7, 11) is 0. The SMILES string of the molecule is CCCCCCCCCCCCCCCC(CO)CCCCCCCCC. The number of unbranched alkanes of at least 4 members (excludes halogenated alkanes) is 18. The lowest BCUT2D eigenvalue weighted by Crippen LogP contribution is -2.06. The van der Waals surface area contributed by atoms with E-state index in [1.54, 1.807) is 0 Å². The van der Waals surface area contributed by atoms with Gasteiger partial charge in [-0.1, -0.05) is 142 Å². The molecule has 1 N–H and O–H groups in total. The number of hydrogen-bond donors (Lipinski definition) is 1. The number of aliphatic hydroxyl groups excluding tert-OH is 1. The Morgan fingerprint density at radius 2 is 0.667 bits per heavy atom. The summed E-state index contributed by atoms with van der Waals surface area (Å²) in [5.74, 6) is 0.577. The standard InChI is InChI=1S/C26H54O/c1-3-5-7-9-11-12-13-14-15-16-18-20-22-24-26(25-27)23-21-19-17-10-8-6-4-2/h26-27H,3-25H2,1-2H3. The van der Waals surface area contributed by atoms with Crippen LogP contribution in [0.15, 0.2) is 0 Å². The van der Waals surface area contributed by atoms with Gasteiger partial charge in [0.1, 0.15) is 0 Å². The van der Waals surface area contributed by atoms with Gasteiger partial charge in [0.2, 0.25) is 0 Å². The molecule has 0 rings (SSSR count). The molecule has 0 radical (unpaired) electrons. The van der Waals surface area contributed by atoms with Crippen molar-refractivity contribution in [3.8, 4) is 0 Å². The Morgan fingerprint density at radius 3 is 0.926 bits per heavy atom. The molecule has 0 bridgehead atoms. The highest BCUT2D eigenvalue weighted by atomic mass is 16.3. The van der Waals surface area contributed by atoms with Crippen LogP contribution in [0, 0.1) is 5.92 Å². The first-order valence-electron chi connectivity index (χ1n) is 13.0. The highest BCUT2D eigenvalue weighted by molar-refractivity contribution is 4.59. The summed E-state index contributed by atoms with van der Waals surface area (Å²) in [5, 5.41) is 9.59. The second-order valence-corrected chi connectivity index (χ2v) is 8.99. The molecule has 1 nitrogen and oxygen atoms in total. The molecule has 1 unspecified atom stereocenters. The van der Waals surface area contributed by atoms with Gasteiger partial charge < -0.3 is 5.11 Å². The topological polar surface area (TPSA) is 20.2 Å². The zero-order chi connectivity index (χ0) is 19.8. The molecule has 0 aromatic rings. The lowest BCUT2D eigenvalue weighted by molar-refractivity contribution is 0.204. The molecule has 1 atom stereocenters. The van der Waals surface area contributed by atoms with Crippen LogP contribution in [0.25, 0.3) is 0 Å². The highest BCUT2D eigenvalue weighted by Gasteiger charge is 2.06. The first-order valence-corrected chi connectivity index (χ1v) is 13.0. The number of hydrogen-bond acceptors (Lipinski definition) is 1. The maximum atomic E-state index is 9.59. The Balaban J connectivity index is 3.25. The van der Waals surface area contributed by atoms with Crippen molar-refractivity contribution in [3.63, 3.8) is 0 Å². The van der Waals surface area contributed by atoms with Gasteiger partial charge in [-0.3, -0.25) is 0 Å². The molecule has 0 aliphatic heterocycles. The summed E-state index contributed by atoms with van der Waals surface area (Å²) < 4.78 is 0. The molecular weight excluding hydrogens is 328 g/mol. The largest absolute Gasteiger partial charge is 0.396 e. The van der Waals surface area contributed by atoms with Crippen LogP contribution < -0.4 is 0 Å². The fraction of sp³-hybridized carbons (Fsp3) is 1.00. The minimum atomic E-state index is 0.411. The van der Waals surface area contributed by atoms with Crippen molar-refractivity contribution in [2.75, 3.05) is 6.61 Å². The van der Waals surface area contributed by atoms with Gasteiger partial charge in [0.25, 0.3) is 0 Å². The van der Waals surface area contributed by atoms with Gasteiger partial charge in [0, 0.05) is 6.61 Å². The van der Waals surface area contributed by atoms with E-state index in [1.165, 1.54) is 141 Å². The number of aliphatic hydroxyl groups is 1. The van der Waals surface area contributed by atoms with E-state index in [2.05, 4.69) is 13.8 Å². The summed E-state index contributed by atoms with van der Waals surface area (Å²) in [6.45, 7) is 4.98. The zero-order valence-corrected chi connectivity index (χ0v) is 19.3. The lowest BCUT2D eigenvalue weighted by atomic mass is 9.94. The molecule has 0 aromatic carbocycles. The molecule has 0 aliphatic carbocycles. The summed E-state index contributed by atoms with van der Waals surface area (Å²) in [6, 6.07) is 0. The Bertz CT molecular complexity index is 251. The van der Waals surface area contributed by atoms with E-state index in [4.69, 9.17) is 0 Å². The summed E-state index contributed by atoms with van der Waals surface area (Å²) in [4.78, 5) is 0. The normalized spacial score (nSPS) is 12.6. The van der Waals surface area contributed by atoms with Crippen LogP contribution >= 0.6 is 0 Å². The Morgan fingerprint density at radius 1 is 0.407 bits per heavy atom. The van der Waals surface area contributed by atoms with Gasteiger partial charge in [0.15, 0.2) is 0 Å². The highest BCUT2D eigenvalue weighted by Crippen LogP contribution is 2.19.